The second-order valence-corrected chi connectivity index (χ2v) is 15.7. The lowest BCUT2D eigenvalue weighted by atomic mass is 10.0. The molecule has 0 saturated heterocycles. The first-order chi connectivity index (χ1) is 23.4. The van der Waals surface area contributed by atoms with Crippen LogP contribution in [0.15, 0.2) is 0 Å². The molecule has 288 valence electrons. The fourth-order valence-corrected chi connectivity index (χ4v) is 7.07. The predicted octanol–water partition coefficient (Wildman–Crippen LogP) is 11.1. The number of rotatable bonds is 39. The van der Waals surface area contributed by atoms with Gasteiger partial charge in [0.15, 0.2) is 0 Å². The van der Waals surface area contributed by atoms with E-state index < -0.39 is 20.0 Å². The van der Waals surface area contributed by atoms with Gasteiger partial charge in [-0.1, -0.05) is 194 Å². The minimum absolute atomic E-state index is 0.0922. The molecule has 0 aromatic heterocycles. The molecule has 0 radical (unpaired) electrons. The summed E-state index contributed by atoms with van der Waals surface area (Å²) in [4.78, 5) is 22.6. The third-order valence-electron chi connectivity index (χ3n) is 9.46. The largest absolute Gasteiger partial charge is 0.472 e. The van der Waals surface area contributed by atoms with Crippen LogP contribution in [0.3, 0.4) is 0 Å². The predicted molar refractivity (Wildman–Crippen MR) is 203 cm³/mol. The maximum atomic E-state index is 12.7. The Labute approximate surface area is 297 Å². The van der Waals surface area contributed by atoms with E-state index in [0.717, 1.165) is 38.5 Å². The van der Waals surface area contributed by atoms with Crippen LogP contribution in [0.4, 0.5) is 0 Å². The molecule has 48 heavy (non-hydrogen) atoms. The van der Waals surface area contributed by atoms with Gasteiger partial charge in [-0.3, -0.25) is 13.8 Å². The number of aliphatic hydroxyl groups is 1. The lowest BCUT2D eigenvalue weighted by molar-refractivity contribution is -0.123. The Morgan fingerprint density at radius 1 is 0.604 bits per heavy atom. The van der Waals surface area contributed by atoms with Crippen LogP contribution in [0.2, 0.25) is 0 Å². The summed E-state index contributed by atoms with van der Waals surface area (Å²) >= 11 is 0. The molecule has 9 heteroatoms. The summed E-state index contributed by atoms with van der Waals surface area (Å²) < 4.78 is 22.1. The molecule has 0 fully saturated rings. The fraction of sp³-hybridized carbons (Fsp3) is 0.974. The fourth-order valence-electron chi connectivity index (χ4n) is 6.31. The van der Waals surface area contributed by atoms with Gasteiger partial charge in [-0.25, -0.2) is 4.57 Å². The number of aliphatic hydroxyl groups excluding tert-OH is 1. The molecule has 0 aromatic rings. The molecule has 0 bridgehead atoms. The molecule has 0 aliphatic heterocycles. The van der Waals surface area contributed by atoms with Gasteiger partial charge in [0.2, 0.25) is 5.91 Å². The van der Waals surface area contributed by atoms with Gasteiger partial charge in [-0.15, -0.1) is 0 Å². The molecular weight excluding hydrogens is 623 g/mol. The highest BCUT2D eigenvalue weighted by atomic mass is 31.2. The molecule has 0 aromatic carbocycles. The molecule has 0 aliphatic rings. The standard InChI is InChI=1S/C39H81N2O6P/c1-3-5-7-9-11-13-15-16-17-18-19-20-21-22-23-24-26-28-30-32-38(42)37(36-47-48(44,45)46-35-34-40)41-39(43)33-31-29-27-25-14-12-10-8-6-4-2/h37-38,42H,3-36,40H2,1-2H3,(H,41,43)(H,44,45). The van der Waals surface area contributed by atoms with Crippen LogP contribution < -0.4 is 11.1 Å². The van der Waals surface area contributed by atoms with E-state index in [9.17, 15) is 19.4 Å². The summed E-state index contributed by atoms with van der Waals surface area (Å²) in [6, 6.07) is -0.766. The molecule has 8 nitrogen and oxygen atoms in total. The normalized spacial score (nSPS) is 14.2. The first-order valence-corrected chi connectivity index (χ1v) is 22.1. The Balaban J connectivity index is 4.09. The average molecular weight is 705 g/mol. The molecule has 0 spiro atoms. The van der Waals surface area contributed by atoms with Crippen LogP contribution in [0.1, 0.15) is 213 Å². The van der Waals surface area contributed by atoms with Gasteiger partial charge in [0.05, 0.1) is 25.4 Å². The van der Waals surface area contributed by atoms with E-state index in [2.05, 4.69) is 19.2 Å². The van der Waals surface area contributed by atoms with Gasteiger partial charge in [-0.2, -0.15) is 0 Å². The van der Waals surface area contributed by atoms with Crippen molar-refractivity contribution < 1.29 is 28.4 Å². The molecule has 0 saturated carbocycles. The Bertz CT molecular complexity index is 729. The highest BCUT2D eigenvalue weighted by molar-refractivity contribution is 7.47. The van der Waals surface area contributed by atoms with Crippen LogP contribution in [0.5, 0.6) is 0 Å². The summed E-state index contributed by atoms with van der Waals surface area (Å²) in [5.74, 6) is -0.161. The van der Waals surface area contributed by atoms with Crippen molar-refractivity contribution in [2.24, 2.45) is 5.73 Å². The molecule has 3 unspecified atom stereocenters. The van der Waals surface area contributed by atoms with E-state index in [4.69, 9.17) is 14.8 Å². The second kappa shape index (κ2) is 36.3. The Kier molecular flexibility index (Phi) is 35.9. The number of amides is 1. The van der Waals surface area contributed by atoms with E-state index in [1.807, 2.05) is 0 Å². The minimum atomic E-state index is -4.30. The van der Waals surface area contributed by atoms with Crippen LogP contribution in [-0.4, -0.2) is 47.8 Å². The van der Waals surface area contributed by atoms with Crippen molar-refractivity contribution >= 4 is 13.7 Å². The summed E-state index contributed by atoms with van der Waals surface area (Å²) in [5, 5.41) is 13.8. The van der Waals surface area contributed by atoms with E-state index in [-0.39, 0.29) is 25.7 Å². The summed E-state index contributed by atoms with van der Waals surface area (Å²) in [5.41, 5.74) is 5.37. The zero-order valence-corrected chi connectivity index (χ0v) is 32.6. The van der Waals surface area contributed by atoms with Crippen molar-refractivity contribution in [3.8, 4) is 0 Å². The van der Waals surface area contributed by atoms with Crippen molar-refractivity contribution in [1.82, 2.24) is 5.32 Å². The molecule has 1 amide bonds. The molecule has 0 aliphatic carbocycles. The van der Waals surface area contributed by atoms with Crippen LogP contribution in [-0.2, 0) is 18.4 Å². The Morgan fingerprint density at radius 2 is 0.958 bits per heavy atom. The van der Waals surface area contributed by atoms with Crippen molar-refractivity contribution in [2.75, 3.05) is 19.8 Å². The molecule has 5 N–H and O–H groups in total. The number of hydrogen-bond donors (Lipinski definition) is 4. The number of carbonyl (C=O) groups is 1. The molecule has 0 rings (SSSR count). The van der Waals surface area contributed by atoms with Crippen molar-refractivity contribution in [3.63, 3.8) is 0 Å². The van der Waals surface area contributed by atoms with Gasteiger partial charge in [0.25, 0.3) is 0 Å². The van der Waals surface area contributed by atoms with Crippen molar-refractivity contribution in [3.05, 3.63) is 0 Å². The van der Waals surface area contributed by atoms with Gasteiger partial charge in [-0.05, 0) is 12.8 Å². The third-order valence-corrected chi connectivity index (χ3v) is 10.4. The Morgan fingerprint density at radius 3 is 1.33 bits per heavy atom. The number of carbonyl (C=O) groups excluding carboxylic acids is 1. The van der Waals surface area contributed by atoms with E-state index in [0.29, 0.717) is 12.8 Å². The van der Waals surface area contributed by atoms with Gasteiger partial charge in [0, 0.05) is 13.0 Å². The van der Waals surface area contributed by atoms with E-state index >= 15 is 0 Å². The Hall–Kier alpha value is -0.500. The lowest BCUT2D eigenvalue weighted by Crippen LogP contribution is -2.46. The monoisotopic (exact) mass is 705 g/mol. The number of hydrogen-bond acceptors (Lipinski definition) is 6. The minimum Gasteiger partial charge on any atom is -0.391 e. The number of unbranched alkanes of at least 4 members (excludes halogenated alkanes) is 27. The van der Waals surface area contributed by atoms with Gasteiger partial charge >= 0.3 is 7.82 Å². The second-order valence-electron chi connectivity index (χ2n) is 14.2. The summed E-state index contributed by atoms with van der Waals surface area (Å²) in [7, 11) is -4.30. The quantitative estimate of drug-likeness (QED) is 0.0370. The topological polar surface area (TPSA) is 131 Å². The molecule has 3 atom stereocenters. The lowest BCUT2D eigenvalue weighted by Gasteiger charge is -2.25. The summed E-state index contributed by atoms with van der Waals surface area (Å²) in [6.07, 6.45) is 36.8. The summed E-state index contributed by atoms with van der Waals surface area (Å²) in [6.45, 7) is 4.21. The number of nitrogens with two attached hydrogens (primary N) is 1. The first kappa shape index (κ1) is 47.5. The smallest absolute Gasteiger partial charge is 0.391 e. The molecule has 0 heterocycles. The highest BCUT2D eigenvalue weighted by Crippen LogP contribution is 2.43. The van der Waals surface area contributed by atoms with Crippen LogP contribution in [0, 0.1) is 0 Å². The SMILES string of the molecule is CCCCCCCCCCCCCCCCCCCCCC(O)C(COP(=O)(O)OCCN)NC(=O)CCCCCCCCCCCC. The zero-order valence-electron chi connectivity index (χ0n) is 31.7. The van der Waals surface area contributed by atoms with Crippen LogP contribution >= 0.6 is 7.82 Å². The maximum Gasteiger partial charge on any atom is 0.472 e. The number of phosphoric ester groups is 1. The molecular formula is C39H81N2O6P. The number of nitrogens with one attached hydrogen (secondary N) is 1. The van der Waals surface area contributed by atoms with Gasteiger partial charge in [0.1, 0.15) is 0 Å². The van der Waals surface area contributed by atoms with Crippen molar-refractivity contribution in [2.45, 2.75) is 225 Å². The zero-order chi connectivity index (χ0) is 35.4. The highest BCUT2D eigenvalue weighted by Gasteiger charge is 2.27. The number of phosphoric acid groups is 1. The first-order valence-electron chi connectivity index (χ1n) is 20.7. The third kappa shape index (κ3) is 34.0. The van der Waals surface area contributed by atoms with Crippen molar-refractivity contribution in [1.29, 1.82) is 0 Å². The average Bonchev–Trinajstić information content (AvgIpc) is 3.07. The van der Waals surface area contributed by atoms with Crippen LogP contribution in [0.25, 0.3) is 0 Å². The van der Waals surface area contributed by atoms with Gasteiger partial charge < -0.3 is 21.1 Å². The van der Waals surface area contributed by atoms with E-state index in [1.54, 1.807) is 0 Å². The maximum absolute atomic E-state index is 12.7. The van der Waals surface area contributed by atoms with E-state index in [1.165, 1.54) is 148 Å².